The second-order valence-corrected chi connectivity index (χ2v) is 3.80. The van der Waals surface area contributed by atoms with E-state index in [-0.39, 0.29) is 6.10 Å². The summed E-state index contributed by atoms with van der Waals surface area (Å²) in [6.45, 7) is 2.89. The molecular weight excluding hydrogens is 168 g/mol. The molecule has 2 heterocycles. The van der Waals surface area contributed by atoms with Crippen molar-refractivity contribution >= 4 is 0 Å². The van der Waals surface area contributed by atoms with Crippen LogP contribution in [0.1, 0.15) is 13.3 Å². The lowest BCUT2D eigenvalue weighted by Crippen LogP contribution is -2.22. The highest BCUT2D eigenvalue weighted by Crippen LogP contribution is 2.32. The SMILES string of the molecule is C#C[C@H]1O[C@@H]([C@@H](C)[C@H]2CO2)C[C@H]1O. The van der Waals surface area contributed by atoms with E-state index in [1.54, 1.807) is 0 Å². The number of rotatable bonds is 2. The number of hydrogen-bond donors (Lipinski definition) is 1. The molecule has 13 heavy (non-hydrogen) atoms. The Balaban J connectivity index is 1.92. The predicted molar refractivity (Wildman–Crippen MR) is 47.0 cm³/mol. The monoisotopic (exact) mass is 182 g/mol. The molecule has 3 heteroatoms. The van der Waals surface area contributed by atoms with Crippen LogP contribution in [-0.4, -0.2) is 36.1 Å². The van der Waals surface area contributed by atoms with Crippen molar-refractivity contribution in [2.75, 3.05) is 6.61 Å². The quantitative estimate of drug-likeness (QED) is 0.489. The molecular formula is C10H14O3. The zero-order valence-electron chi connectivity index (χ0n) is 7.64. The van der Waals surface area contributed by atoms with Crippen LogP contribution >= 0.6 is 0 Å². The maximum absolute atomic E-state index is 9.50. The summed E-state index contributed by atoms with van der Waals surface area (Å²) in [5, 5.41) is 9.50. The van der Waals surface area contributed by atoms with Gasteiger partial charge in [-0.2, -0.15) is 0 Å². The lowest BCUT2D eigenvalue weighted by atomic mass is 9.98. The molecule has 0 aromatic carbocycles. The first kappa shape index (κ1) is 9.01. The van der Waals surface area contributed by atoms with E-state index in [2.05, 4.69) is 12.8 Å². The van der Waals surface area contributed by atoms with Gasteiger partial charge in [-0.3, -0.25) is 0 Å². The molecule has 1 N–H and O–H groups in total. The van der Waals surface area contributed by atoms with Gasteiger partial charge in [-0.15, -0.1) is 6.42 Å². The van der Waals surface area contributed by atoms with Crippen LogP contribution in [0.3, 0.4) is 0 Å². The Morgan fingerprint density at radius 1 is 1.54 bits per heavy atom. The van der Waals surface area contributed by atoms with E-state index >= 15 is 0 Å². The minimum atomic E-state index is -0.504. The van der Waals surface area contributed by atoms with Gasteiger partial charge in [0.2, 0.25) is 0 Å². The Bertz CT molecular complexity index is 229. The maximum Gasteiger partial charge on any atom is 0.144 e. The summed E-state index contributed by atoms with van der Waals surface area (Å²) in [7, 11) is 0. The van der Waals surface area contributed by atoms with Gasteiger partial charge in [0.25, 0.3) is 0 Å². The molecule has 2 rings (SSSR count). The zero-order valence-corrected chi connectivity index (χ0v) is 7.64. The summed E-state index contributed by atoms with van der Waals surface area (Å²) in [6.07, 6.45) is 5.29. The Hall–Kier alpha value is -0.560. The summed E-state index contributed by atoms with van der Waals surface area (Å²) in [4.78, 5) is 0. The van der Waals surface area contributed by atoms with E-state index in [0.29, 0.717) is 18.4 Å². The average Bonchev–Trinajstić information content (AvgIpc) is 2.89. The Labute approximate surface area is 78.0 Å². The van der Waals surface area contributed by atoms with Gasteiger partial charge in [0, 0.05) is 12.3 Å². The second-order valence-electron chi connectivity index (χ2n) is 3.80. The van der Waals surface area contributed by atoms with Gasteiger partial charge in [0.05, 0.1) is 24.9 Å². The molecule has 0 bridgehead atoms. The number of hydrogen-bond acceptors (Lipinski definition) is 3. The van der Waals surface area contributed by atoms with Gasteiger partial charge >= 0.3 is 0 Å². The highest BCUT2D eigenvalue weighted by molar-refractivity contribution is 5.04. The topological polar surface area (TPSA) is 42.0 Å². The van der Waals surface area contributed by atoms with Crippen molar-refractivity contribution in [3.8, 4) is 12.3 Å². The van der Waals surface area contributed by atoms with E-state index in [0.717, 1.165) is 6.61 Å². The van der Waals surface area contributed by atoms with Crippen LogP contribution in [0.25, 0.3) is 0 Å². The lowest BCUT2D eigenvalue weighted by Gasteiger charge is -2.16. The van der Waals surface area contributed by atoms with Crippen LogP contribution in [0.5, 0.6) is 0 Å². The fourth-order valence-electron chi connectivity index (χ4n) is 1.78. The van der Waals surface area contributed by atoms with Crippen LogP contribution in [0.15, 0.2) is 0 Å². The maximum atomic E-state index is 9.50. The Morgan fingerprint density at radius 3 is 2.69 bits per heavy atom. The molecule has 3 nitrogen and oxygen atoms in total. The standard InChI is InChI=1S/C10H14O3/c1-3-8-7(11)4-9(13-8)6(2)10-5-12-10/h1,6-11H,4-5H2,2H3/t6-,7-,8-,9-,10-/m1/s1. The van der Waals surface area contributed by atoms with Crippen molar-refractivity contribution in [3.63, 3.8) is 0 Å². The fourth-order valence-corrected chi connectivity index (χ4v) is 1.78. The summed E-state index contributed by atoms with van der Waals surface area (Å²) >= 11 is 0. The van der Waals surface area contributed by atoms with Crippen LogP contribution in [0, 0.1) is 18.3 Å². The van der Waals surface area contributed by atoms with E-state index < -0.39 is 12.2 Å². The normalized spacial score (nSPS) is 45.6. The number of epoxide rings is 1. The van der Waals surface area contributed by atoms with Crippen molar-refractivity contribution in [3.05, 3.63) is 0 Å². The predicted octanol–water partition coefficient (Wildman–Crippen LogP) is 0.173. The first-order chi connectivity index (χ1) is 6.22. The van der Waals surface area contributed by atoms with Gasteiger partial charge in [-0.1, -0.05) is 12.8 Å². The molecule has 0 aromatic heterocycles. The van der Waals surface area contributed by atoms with Crippen molar-refractivity contribution < 1.29 is 14.6 Å². The average molecular weight is 182 g/mol. The van der Waals surface area contributed by atoms with Gasteiger partial charge in [0.15, 0.2) is 0 Å². The fraction of sp³-hybridized carbons (Fsp3) is 0.800. The number of aliphatic hydroxyl groups excluding tert-OH is 1. The third-order valence-corrected chi connectivity index (χ3v) is 2.84. The van der Waals surface area contributed by atoms with Crippen molar-refractivity contribution in [2.45, 2.75) is 37.8 Å². The van der Waals surface area contributed by atoms with Crippen LogP contribution in [-0.2, 0) is 9.47 Å². The van der Waals surface area contributed by atoms with E-state index in [9.17, 15) is 5.11 Å². The molecule has 72 valence electrons. The van der Waals surface area contributed by atoms with Gasteiger partial charge in [0.1, 0.15) is 6.10 Å². The van der Waals surface area contributed by atoms with Gasteiger partial charge < -0.3 is 14.6 Å². The first-order valence-electron chi connectivity index (χ1n) is 4.63. The molecule has 2 aliphatic rings. The number of aliphatic hydroxyl groups is 1. The first-order valence-corrected chi connectivity index (χ1v) is 4.63. The summed E-state index contributed by atoms with van der Waals surface area (Å²) in [6, 6.07) is 0. The smallest absolute Gasteiger partial charge is 0.144 e. The van der Waals surface area contributed by atoms with Gasteiger partial charge in [-0.05, 0) is 0 Å². The molecule has 0 amide bonds. The van der Waals surface area contributed by atoms with Crippen LogP contribution in [0.4, 0.5) is 0 Å². The van der Waals surface area contributed by atoms with Crippen molar-refractivity contribution in [1.82, 2.24) is 0 Å². The Morgan fingerprint density at radius 2 is 2.23 bits per heavy atom. The molecule has 5 atom stereocenters. The minimum absolute atomic E-state index is 0.0588. The highest BCUT2D eigenvalue weighted by atomic mass is 16.6. The largest absolute Gasteiger partial charge is 0.389 e. The minimum Gasteiger partial charge on any atom is -0.389 e. The highest BCUT2D eigenvalue weighted by Gasteiger charge is 2.42. The Kier molecular flexibility index (Phi) is 2.29. The van der Waals surface area contributed by atoms with E-state index in [1.807, 2.05) is 0 Å². The molecule has 2 aliphatic heterocycles. The van der Waals surface area contributed by atoms with Crippen molar-refractivity contribution in [2.24, 2.45) is 5.92 Å². The molecule has 2 saturated heterocycles. The lowest BCUT2D eigenvalue weighted by molar-refractivity contribution is 0.0168. The number of ether oxygens (including phenoxy) is 2. The molecule has 0 saturated carbocycles. The van der Waals surface area contributed by atoms with E-state index in [1.165, 1.54) is 0 Å². The van der Waals surface area contributed by atoms with E-state index in [4.69, 9.17) is 15.9 Å². The third-order valence-electron chi connectivity index (χ3n) is 2.84. The van der Waals surface area contributed by atoms with Crippen LogP contribution in [0.2, 0.25) is 0 Å². The van der Waals surface area contributed by atoms with Crippen molar-refractivity contribution in [1.29, 1.82) is 0 Å². The molecule has 0 aromatic rings. The number of terminal acetylenes is 1. The summed E-state index contributed by atoms with van der Waals surface area (Å²) in [5.41, 5.74) is 0. The molecule has 0 spiro atoms. The van der Waals surface area contributed by atoms with Crippen LogP contribution < -0.4 is 0 Å². The molecule has 2 fully saturated rings. The summed E-state index contributed by atoms with van der Waals surface area (Å²) < 4.78 is 10.7. The molecule has 0 aliphatic carbocycles. The second kappa shape index (κ2) is 3.30. The molecule has 0 radical (unpaired) electrons. The zero-order chi connectivity index (χ0) is 9.42. The summed E-state index contributed by atoms with van der Waals surface area (Å²) in [5.74, 6) is 2.79. The van der Waals surface area contributed by atoms with Gasteiger partial charge in [-0.25, -0.2) is 0 Å². The molecule has 0 unspecified atom stereocenters. The third kappa shape index (κ3) is 1.71.